The first-order chi connectivity index (χ1) is 7.42. The number of methoxy groups -OCH3 is 1. The molecule has 0 fully saturated rings. The van der Waals surface area contributed by atoms with Crippen LogP contribution in [0.15, 0.2) is 24.3 Å². The highest BCUT2D eigenvalue weighted by Crippen LogP contribution is 2.27. The van der Waals surface area contributed by atoms with Crippen LogP contribution in [0.4, 0.5) is 0 Å². The van der Waals surface area contributed by atoms with Crippen LogP contribution in [0.3, 0.4) is 0 Å². The lowest BCUT2D eigenvalue weighted by atomic mass is 9.88. The fourth-order valence-electron chi connectivity index (χ4n) is 2.32. The van der Waals surface area contributed by atoms with Crippen molar-refractivity contribution in [1.29, 1.82) is 0 Å². The van der Waals surface area contributed by atoms with Gasteiger partial charge in [-0.25, -0.2) is 0 Å². The molecule has 0 radical (unpaired) electrons. The average molecular weight is 205 g/mol. The first-order valence-electron chi connectivity index (χ1n) is 5.69. The standard InChI is InChI=1S/C13H19NO/c1-15-8-4-6-12-10-14-9-11-5-2-3-7-13(11)12/h2-3,5,7,12,14H,4,6,8-10H2,1H3. The molecule has 2 nitrogen and oxygen atoms in total. The maximum atomic E-state index is 5.10. The van der Waals surface area contributed by atoms with Gasteiger partial charge in [-0.3, -0.25) is 0 Å². The van der Waals surface area contributed by atoms with Gasteiger partial charge in [-0.1, -0.05) is 24.3 Å². The van der Waals surface area contributed by atoms with Crippen LogP contribution in [-0.4, -0.2) is 20.3 Å². The Bertz CT molecular complexity index is 311. The van der Waals surface area contributed by atoms with Gasteiger partial charge >= 0.3 is 0 Å². The van der Waals surface area contributed by atoms with Gasteiger partial charge in [0.1, 0.15) is 0 Å². The summed E-state index contributed by atoms with van der Waals surface area (Å²) in [4.78, 5) is 0. The minimum absolute atomic E-state index is 0.671. The summed E-state index contributed by atoms with van der Waals surface area (Å²) in [6.07, 6.45) is 2.37. The fourth-order valence-corrected chi connectivity index (χ4v) is 2.32. The number of ether oxygens (including phenoxy) is 1. The molecule has 0 saturated carbocycles. The van der Waals surface area contributed by atoms with Crippen molar-refractivity contribution in [3.05, 3.63) is 35.4 Å². The Balaban J connectivity index is 2.02. The molecular formula is C13H19NO. The molecule has 0 saturated heterocycles. The Morgan fingerprint density at radius 1 is 1.40 bits per heavy atom. The van der Waals surface area contributed by atoms with E-state index < -0.39 is 0 Å². The third-order valence-corrected chi connectivity index (χ3v) is 3.10. The molecule has 15 heavy (non-hydrogen) atoms. The zero-order valence-electron chi connectivity index (χ0n) is 9.33. The summed E-state index contributed by atoms with van der Waals surface area (Å²) in [5.41, 5.74) is 3.00. The van der Waals surface area contributed by atoms with Crippen LogP contribution < -0.4 is 5.32 Å². The first kappa shape index (κ1) is 10.7. The zero-order valence-corrected chi connectivity index (χ0v) is 9.33. The van der Waals surface area contributed by atoms with E-state index in [1.807, 2.05) is 0 Å². The number of hydrogen-bond donors (Lipinski definition) is 1. The molecule has 1 aliphatic heterocycles. The third-order valence-electron chi connectivity index (χ3n) is 3.10. The lowest BCUT2D eigenvalue weighted by Crippen LogP contribution is -2.28. The van der Waals surface area contributed by atoms with E-state index >= 15 is 0 Å². The summed E-state index contributed by atoms with van der Waals surface area (Å²) in [5.74, 6) is 0.671. The smallest absolute Gasteiger partial charge is 0.0462 e. The van der Waals surface area contributed by atoms with Gasteiger partial charge in [-0.2, -0.15) is 0 Å². The molecule has 1 N–H and O–H groups in total. The summed E-state index contributed by atoms with van der Waals surface area (Å²) in [6.45, 7) is 3.01. The van der Waals surface area contributed by atoms with E-state index in [1.54, 1.807) is 7.11 Å². The minimum atomic E-state index is 0.671. The van der Waals surface area contributed by atoms with E-state index in [1.165, 1.54) is 17.5 Å². The summed E-state index contributed by atoms with van der Waals surface area (Å²) in [5, 5.41) is 3.48. The second-order valence-corrected chi connectivity index (χ2v) is 4.16. The normalized spacial score (nSPS) is 19.9. The summed E-state index contributed by atoms with van der Waals surface area (Å²) < 4.78 is 5.10. The minimum Gasteiger partial charge on any atom is -0.385 e. The molecular weight excluding hydrogens is 186 g/mol. The summed E-state index contributed by atoms with van der Waals surface area (Å²) >= 11 is 0. The first-order valence-corrected chi connectivity index (χ1v) is 5.69. The van der Waals surface area contributed by atoms with E-state index in [2.05, 4.69) is 29.6 Å². The molecule has 1 atom stereocenters. The average Bonchev–Trinajstić information content (AvgIpc) is 2.30. The van der Waals surface area contributed by atoms with E-state index in [4.69, 9.17) is 4.74 Å². The SMILES string of the molecule is COCCCC1CNCc2ccccc21. The highest BCUT2D eigenvalue weighted by Gasteiger charge is 2.18. The van der Waals surface area contributed by atoms with E-state index in [0.29, 0.717) is 5.92 Å². The summed E-state index contributed by atoms with van der Waals surface area (Å²) in [6, 6.07) is 8.77. The van der Waals surface area contributed by atoms with Crippen molar-refractivity contribution in [2.75, 3.05) is 20.3 Å². The van der Waals surface area contributed by atoms with Crippen LogP contribution in [0, 0.1) is 0 Å². The van der Waals surface area contributed by atoms with Crippen molar-refractivity contribution in [2.45, 2.75) is 25.3 Å². The number of hydrogen-bond acceptors (Lipinski definition) is 2. The van der Waals surface area contributed by atoms with Crippen molar-refractivity contribution in [3.8, 4) is 0 Å². The molecule has 0 aliphatic carbocycles. The van der Waals surface area contributed by atoms with Gasteiger partial charge in [0.25, 0.3) is 0 Å². The molecule has 1 aromatic rings. The van der Waals surface area contributed by atoms with Crippen LogP contribution in [0.2, 0.25) is 0 Å². The fraction of sp³-hybridized carbons (Fsp3) is 0.538. The van der Waals surface area contributed by atoms with Crippen LogP contribution >= 0.6 is 0 Å². The second kappa shape index (κ2) is 5.29. The number of rotatable bonds is 4. The Kier molecular flexibility index (Phi) is 3.75. The van der Waals surface area contributed by atoms with Crippen LogP contribution in [0.5, 0.6) is 0 Å². The van der Waals surface area contributed by atoms with Crippen LogP contribution in [0.1, 0.15) is 29.9 Å². The molecule has 0 bridgehead atoms. The molecule has 1 unspecified atom stereocenters. The third kappa shape index (κ3) is 2.58. The predicted molar refractivity (Wildman–Crippen MR) is 62.0 cm³/mol. The maximum absolute atomic E-state index is 5.10. The van der Waals surface area contributed by atoms with Crippen molar-refractivity contribution in [2.24, 2.45) is 0 Å². The van der Waals surface area contributed by atoms with Gasteiger partial charge in [-0.15, -0.1) is 0 Å². The van der Waals surface area contributed by atoms with Crippen molar-refractivity contribution in [1.82, 2.24) is 5.32 Å². The molecule has 2 rings (SSSR count). The van der Waals surface area contributed by atoms with Gasteiger partial charge in [0, 0.05) is 26.8 Å². The number of nitrogens with one attached hydrogen (secondary N) is 1. The summed E-state index contributed by atoms with van der Waals surface area (Å²) in [7, 11) is 1.77. The monoisotopic (exact) mass is 205 g/mol. The van der Waals surface area contributed by atoms with Gasteiger partial charge in [-0.05, 0) is 29.9 Å². The highest BCUT2D eigenvalue weighted by molar-refractivity contribution is 5.32. The molecule has 82 valence electrons. The Labute approximate surface area is 91.6 Å². The number of fused-ring (bicyclic) bond motifs is 1. The zero-order chi connectivity index (χ0) is 10.5. The lowest BCUT2D eigenvalue weighted by molar-refractivity contribution is 0.190. The maximum Gasteiger partial charge on any atom is 0.0462 e. The molecule has 1 aliphatic rings. The van der Waals surface area contributed by atoms with Crippen molar-refractivity contribution >= 4 is 0 Å². The van der Waals surface area contributed by atoms with E-state index in [9.17, 15) is 0 Å². The Morgan fingerprint density at radius 3 is 3.13 bits per heavy atom. The Morgan fingerprint density at radius 2 is 2.27 bits per heavy atom. The highest BCUT2D eigenvalue weighted by atomic mass is 16.5. The molecule has 0 spiro atoms. The van der Waals surface area contributed by atoms with Gasteiger partial charge < -0.3 is 10.1 Å². The predicted octanol–water partition coefficient (Wildman–Crippen LogP) is 2.30. The topological polar surface area (TPSA) is 21.3 Å². The van der Waals surface area contributed by atoms with Crippen molar-refractivity contribution < 1.29 is 4.74 Å². The largest absolute Gasteiger partial charge is 0.385 e. The number of benzene rings is 1. The quantitative estimate of drug-likeness (QED) is 0.762. The van der Waals surface area contributed by atoms with Gasteiger partial charge in [0.2, 0.25) is 0 Å². The van der Waals surface area contributed by atoms with Gasteiger partial charge in [0.05, 0.1) is 0 Å². The van der Waals surface area contributed by atoms with E-state index in [0.717, 1.165) is 26.1 Å². The molecule has 0 aromatic heterocycles. The van der Waals surface area contributed by atoms with Crippen LogP contribution in [-0.2, 0) is 11.3 Å². The van der Waals surface area contributed by atoms with Gasteiger partial charge in [0.15, 0.2) is 0 Å². The molecule has 2 heteroatoms. The van der Waals surface area contributed by atoms with Crippen molar-refractivity contribution in [3.63, 3.8) is 0 Å². The molecule has 1 aromatic carbocycles. The van der Waals surface area contributed by atoms with Crippen LogP contribution in [0.25, 0.3) is 0 Å². The molecule has 1 heterocycles. The lowest BCUT2D eigenvalue weighted by Gasteiger charge is -2.26. The Hall–Kier alpha value is -0.860. The van der Waals surface area contributed by atoms with E-state index in [-0.39, 0.29) is 0 Å². The second-order valence-electron chi connectivity index (χ2n) is 4.16. The molecule has 0 amide bonds.